The minimum Gasteiger partial charge on any atom is -0.316 e. The third kappa shape index (κ3) is 3.41. The van der Waals surface area contributed by atoms with Crippen LogP contribution >= 0.6 is 0 Å². The summed E-state index contributed by atoms with van der Waals surface area (Å²) in [7, 11) is 0. The van der Waals surface area contributed by atoms with Gasteiger partial charge in [0.05, 0.1) is 4.92 Å². The molecule has 1 N–H and O–H groups in total. The Morgan fingerprint density at radius 1 is 1.24 bits per heavy atom. The molecule has 2 saturated heterocycles. The molecule has 0 aromatic heterocycles. The highest BCUT2D eigenvalue weighted by molar-refractivity contribution is 5.32. The molecule has 0 radical (unpaired) electrons. The van der Waals surface area contributed by atoms with Crippen LogP contribution in [0.4, 0.5) is 5.69 Å². The highest BCUT2D eigenvalue weighted by Gasteiger charge is 2.36. The Hall–Kier alpha value is -1.46. The number of nitrogens with one attached hydrogen (secondary N) is 1. The summed E-state index contributed by atoms with van der Waals surface area (Å²) in [6.45, 7) is 5.49. The Labute approximate surface area is 125 Å². The maximum absolute atomic E-state index is 10.7. The van der Waals surface area contributed by atoms with Crippen molar-refractivity contribution < 1.29 is 4.92 Å². The first-order chi connectivity index (χ1) is 10.2. The van der Waals surface area contributed by atoms with Gasteiger partial charge in [-0.25, -0.2) is 0 Å². The number of rotatable bonds is 3. The van der Waals surface area contributed by atoms with Gasteiger partial charge in [0.25, 0.3) is 5.69 Å². The lowest BCUT2D eigenvalue weighted by atomic mass is 9.74. The van der Waals surface area contributed by atoms with Crippen molar-refractivity contribution in [2.75, 3.05) is 26.2 Å². The highest BCUT2D eigenvalue weighted by atomic mass is 16.6. The number of nitro benzene ring substituents is 1. The van der Waals surface area contributed by atoms with E-state index >= 15 is 0 Å². The average molecular weight is 289 g/mol. The molecule has 0 bridgehead atoms. The highest BCUT2D eigenvalue weighted by Crippen LogP contribution is 2.36. The number of nitrogens with zero attached hydrogens (tertiary/aromatic N) is 2. The SMILES string of the molecule is O=[N+]([O-])c1ccc(CN2CCCC3(CCCNC3)C2)cc1. The Kier molecular flexibility index (Phi) is 4.22. The fourth-order valence-electron chi connectivity index (χ4n) is 3.81. The predicted molar refractivity (Wildman–Crippen MR) is 82.1 cm³/mol. The second-order valence-corrected chi connectivity index (χ2v) is 6.52. The summed E-state index contributed by atoms with van der Waals surface area (Å²) in [5, 5.41) is 14.2. The van der Waals surface area contributed by atoms with Crippen molar-refractivity contribution in [3.63, 3.8) is 0 Å². The van der Waals surface area contributed by atoms with Gasteiger partial charge in [0, 0.05) is 31.8 Å². The summed E-state index contributed by atoms with van der Waals surface area (Å²) in [6.07, 6.45) is 5.20. The van der Waals surface area contributed by atoms with E-state index in [9.17, 15) is 10.1 Å². The van der Waals surface area contributed by atoms with E-state index < -0.39 is 0 Å². The van der Waals surface area contributed by atoms with Gasteiger partial charge in [-0.3, -0.25) is 15.0 Å². The normalized spacial score (nSPS) is 26.9. The van der Waals surface area contributed by atoms with Crippen molar-refractivity contribution in [3.8, 4) is 0 Å². The van der Waals surface area contributed by atoms with Gasteiger partial charge in [-0.05, 0) is 49.8 Å². The quantitative estimate of drug-likeness (QED) is 0.686. The first-order valence-electron chi connectivity index (χ1n) is 7.83. The van der Waals surface area contributed by atoms with E-state index in [1.54, 1.807) is 12.1 Å². The van der Waals surface area contributed by atoms with E-state index in [0.717, 1.165) is 32.7 Å². The van der Waals surface area contributed by atoms with Crippen LogP contribution in [0.25, 0.3) is 0 Å². The molecule has 2 fully saturated rings. The fraction of sp³-hybridized carbons (Fsp3) is 0.625. The van der Waals surface area contributed by atoms with E-state index in [1.165, 1.54) is 31.2 Å². The van der Waals surface area contributed by atoms with Crippen molar-refractivity contribution in [3.05, 3.63) is 39.9 Å². The molecule has 5 heteroatoms. The van der Waals surface area contributed by atoms with Crippen molar-refractivity contribution in [2.45, 2.75) is 32.2 Å². The zero-order chi connectivity index (χ0) is 14.7. The van der Waals surface area contributed by atoms with Crippen LogP contribution in [0.2, 0.25) is 0 Å². The molecule has 114 valence electrons. The minimum atomic E-state index is -0.340. The van der Waals surface area contributed by atoms with Crippen LogP contribution in [0.15, 0.2) is 24.3 Å². The molecule has 0 amide bonds. The molecule has 1 aromatic carbocycles. The predicted octanol–water partition coefficient (Wildman–Crippen LogP) is 2.56. The summed E-state index contributed by atoms with van der Waals surface area (Å²) in [5.74, 6) is 0. The summed E-state index contributed by atoms with van der Waals surface area (Å²) >= 11 is 0. The van der Waals surface area contributed by atoms with Crippen molar-refractivity contribution in [1.82, 2.24) is 10.2 Å². The monoisotopic (exact) mass is 289 g/mol. The summed E-state index contributed by atoms with van der Waals surface area (Å²) in [5.41, 5.74) is 1.80. The van der Waals surface area contributed by atoms with E-state index in [2.05, 4.69) is 10.2 Å². The van der Waals surface area contributed by atoms with Crippen LogP contribution in [0, 0.1) is 15.5 Å². The van der Waals surface area contributed by atoms with Crippen LogP contribution in [-0.4, -0.2) is 36.0 Å². The molecule has 1 atom stereocenters. The molecule has 2 heterocycles. The van der Waals surface area contributed by atoms with Gasteiger partial charge in [-0.2, -0.15) is 0 Å². The molecule has 1 spiro atoms. The lowest BCUT2D eigenvalue weighted by molar-refractivity contribution is -0.384. The van der Waals surface area contributed by atoms with Gasteiger partial charge in [-0.15, -0.1) is 0 Å². The maximum Gasteiger partial charge on any atom is 0.269 e. The summed E-state index contributed by atoms with van der Waals surface area (Å²) in [4.78, 5) is 12.9. The topological polar surface area (TPSA) is 58.4 Å². The van der Waals surface area contributed by atoms with Crippen LogP contribution in [0.5, 0.6) is 0 Å². The Bertz CT molecular complexity index is 489. The molecule has 0 saturated carbocycles. The number of benzene rings is 1. The van der Waals surface area contributed by atoms with E-state index in [0.29, 0.717) is 5.41 Å². The third-order valence-corrected chi connectivity index (χ3v) is 4.85. The number of piperidine rings is 2. The number of hydrogen-bond acceptors (Lipinski definition) is 4. The first kappa shape index (κ1) is 14.5. The Morgan fingerprint density at radius 3 is 2.67 bits per heavy atom. The average Bonchev–Trinajstić information content (AvgIpc) is 2.49. The molecule has 1 unspecified atom stereocenters. The van der Waals surface area contributed by atoms with E-state index in [4.69, 9.17) is 0 Å². The van der Waals surface area contributed by atoms with Crippen molar-refractivity contribution in [2.24, 2.45) is 5.41 Å². The zero-order valence-corrected chi connectivity index (χ0v) is 12.4. The second kappa shape index (κ2) is 6.12. The summed E-state index contributed by atoms with van der Waals surface area (Å²) in [6, 6.07) is 6.99. The number of non-ortho nitro benzene ring substituents is 1. The molecular weight excluding hydrogens is 266 g/mol. The first-order valence-corrected chi connectivity index (χ1v) is 7.83. The maximum atomic E-state index is 10.7. The van der Waals surface area contributed by atoms with Gasteiger partial charge in [0.2, 0.25) is 0 Å². The molecule has 1 aromatic rings. The van der Waals surface area contributed by atoms with E-state index in [1.807, 2.05) is 12.1 Å². The molecule has 3 rings (SSSR count). The Balaban J connectivity index is 1.62. The smallest absolute Gasteiger partial charge is 0.269 e. The van der Waals surface area contributed by atoms with Crippen molar-refractivity contribution >= 4 is 5.69 Å². The third-order valence-electron chi connectivity index (χ3n) is 4.85. The largest absolute Gasteiger partial charge is 0.316 e. The fourth-order valence-corrected chi connectivity index (χ4v) is 3.81. The lowest BCUT2D eigenvalue weighted by Gasteiger charge is -2.45. The van der Waals surface area contributed by atoms with Crippen LogP contribution < -0.4 is 5.32 Å². The van der Waals surface area contributed by atoms with Gasteiger partial charge < -0.3 is 5.32 Å². The number of likely N-dealkylation sites (tertiary alicyclic amines) is 1. The molecular formula is C16H23N3O2. The summed E-state index contributed by atoms with van der Waals surface area (Å²) < 4.78 is 0. The van der Waals surface area contributed by atoms with Crippen LogP contribution in [-0.2, 0) is 6.54 Å². The van der Waals surface area contributed by atoms with Crippen LogP contribution in [0.1, 0.15) is 31.2 Å². The lowest BCUT2D eigenvalue weighted by Crippen LogP contribution is -2.50. The van der Waals surface area contributed by atoms with Gasteiger partial charge in [-0.1, -0.05) is 12.1 Å². The van der Waals surface area contributed by atoms with Crippen LogP contribution in [0.3, 0.4) is 0 Å². The zero-order valence-electron chi connectivity index (χ0n) is 12.4. The molecule has 0 aliphatic carbocycles. The van der Waals surface area contributed by atoms with Gasteiger partial charge >= 0.3 is 0 Å². The van der Waals surface area contributed by atoms with Gasteiger partial charge in [0.15, 0.2) is 0 Å². The molecule has 2 aliphatic rings. The van der Waals surface area contributed by atoms with Gasteiger partial charge in [0.1, 0.15) is 0 Å². The Morgan fingerprint density at radius 2 is 2.00 bits per heavy atom. The molecule has 2 aliphatic heterocycles. The number of hydrogen-bond donors (Lipinski definition) is 1. The second-order valence-electron chi connectivity index (χ2n) is 6.52. The minimum absolute atomic E-state index is 0.172. The van der Waals surface area contributed by atoms with Crippen molar-refractivity contribution in [1.29, 1.82) is 0 Å². The standard InChI is InChI=1S/C16H23N3O2/c20-19(21)15-5-3-14(4-6-15)11-18-10-2-8-16(13-18)7-1-9-17-12-16/h3-6,17H,1-2,7-13H2. The molecule has 21 heavy (non-hydrogen) atoms. The molecule has 5 nitrogen and oxygen atoms in total. The number of nitro groups is 1. The van der Waals surface area contributed by atoms with E-state index in [-0.39, 0.29) is 10.6 Å².